The maximum Gasteiger partial charge on any atom is 0.346 e. The average molecular weight is 267 g/mol. The van der Waals surface area contributed by atoms with Crippen LogP contribution in [-0.4, -0.2) is 30.4 Å². The van der Waals surface area contributed by atoms with Crippen LogP contribution in [0.15, 0.2) is 12.1 Å². The maximum atomic E-state index is 11.2. The lowest BCUT2D eigenvalue weighted by Gasteiger charge is -2.13. The lowest BCUT2D eigenvalue weighted by Crippen LogP contribution is -2.25. The van der Waals surface area contributed by atoms with Crippen LogP contribution in [0.5, 0.6) is 5.75 Å². The second-order valence-corrected chi connectivity index (χ2v) is 3.78. The molecule has 0 aliphatic carbocycles. The minimum Gasteiger partial charge on any atom is -0.472 e. The summed E-state index contributed by atoms with van der Waals surface area (Å²) in [7, 11) is 1.19. The molecule has 7 nitrogen and oxygen atoms in total. The molecule has 102 valence electrons. The molecule has 0 heterocycles. The van der Waals surface area contributed by atoms with E-state index >= 15 is 0 Å². The average Bonchev–Trinajstić information content (AvgIpc) is 2.37. The van der Waals surface area contributed by atoms with Crippen molar-refractivity contribution in [2.45, 2.75) is 20.0 Å². The summed E-state index contributed by atoms with van der Waals surface area (Å²) < 4.78 is 9.68. The molecule has 0 aromatic heterocycles. The smallest absolute Gasteiger partial charge is 0.346 e. The summed E-state index contributed by atoms with van der Waals surface area (Å²) in [6.07, 6.45) is -0.458. The predicted octanol–water partition coefficient (Wildman–Crippen LogP) is 1.66. The monoisotopic (exact) mass is 267 g/mol. The third kappa shape index (κ3) is 3.06. The molecule has 0 fully saturated rings. The van der Waals surface area contributed by atoms with E-state index in [1.165, 1.54) is 33.1 Å². The number of hydrogen-bond donors (Lipinski definition) is 0. The van der Waals surface area contributed by atoms with Crippen LogP contribution in [0.1, 0.15) is 22.8 Å². The van der Waals surface area contributed by atoms with Gasteiger partial charge in [-0.3, -0.25) is 14.9 Å². The van der Waals surface area contributed by atoms with Gasteiger partial charge in [0.05, 0.1) is 12.0 Å². The number of benzene rings is 1. The van der Waals surface area contributed by atoms with E-state index in [9.17, 15) is 19.7 Å². The zero-order valence-corrected chi connectivity index (χ0v) is 10.7. The highest BCUT2D eigenvalue weighted by molar-refractivity contribution is 5.81. The first-order valence-corrected chi connectivity index (χ1v) is 5.40. The zero-order chi connectivity index (χ0) is 14.6. The van der Waals surface area contributed by atoms with Crippen LogP contribution in [0.3, 0.4) is 0 Å². The number of nitrogens with zero attached hydrogens (tertiary/aromatic N) is 1. The van der Waals surface area contributed by atoms with E-state index in [2.05, 4.69) is 4.74 Å². The molecule has 1 rings (SSSR count). The van der Waals surface area contributed by atoms with E-state index in [0.29, 0.717) is 6.29 Å². The van der Waals surface area contributed by atoms with Crippen LogP contribution < -0.4 is 4.74 Å². The van der Waals surface area contributed by atoms with Gasteiger partial charge in [-0.05, 0) is 26.0 Å². The van der Waals surface area contributed by atoms with Gasteiger partial charge < -0.3 is 9.47 Å². The molecule has 0 radical (unpaired) electrons. The Kier molecular flexibility index (Phi) is 4.57. The van der Waals surface area contributed by atoms with Crippen molar-refractivity contribution in [1.29, 1.82) is 0 Å². The Balaban J connectivity index is 3.21. The summed E-state index contributed by atoms with van der Waals surface area (Å²) in [5.41, 5.74) is 0.0553. The topological polar surface area (TPSA) is 95.7 Å². The molecule has 0 saturated heterocycles. The zero-order valence-electron chi connectivity index (χ0n) is 10.7. The van der Waals surface area contributed by atoms with E-state index in [0.717, 1.165) is 0 Å². The molecule has 1 unspecified atom stereocenters. The fourth-order valence-electron chi connectivity index (χ4n) is 1.55. The first kappa shape index (κ1) is 14.6. The molecule has 0 aliphatic heterocycles. The van der Waals surface area contributed by atoms with Gasteiger partial charge in [0.2, 0.25) is 0 Å². The second kappa shape index (κ2) is 5.94. The molecule has 0 aliphatic rings. The number of carbonyl (C=O) groups is 2. The minimum absolute atomic E-state index is 0.0778. The van der Waals surface area contributed by atoms with Gasteiger partial charge in [-0.1, -0.05) is 0 Å². The highest BCUT2D eigenvalue weighted by Crippen LogP contribution is 2.33. The number of esters is 1. The lowest BCUT2D eigenvalue weighted by molar-refractivity contribution is -0.386. The number of aldehydes is 1. The number of carbonyl (C=O) groups excluding carboxylic acids is 2. The number of methoxy groups -OCH3 is 1. The fraction of sp³-hybridized carbons (Fsp3) is 0.333. The van der Waals surface area contributed by atoms with Crippen LogP contribution in [0.25, 0.3) is 0 Å². The number of hydrogen-bond acceptors (Lipinski definition) is 6. The number of nitro benzene ring substituents is 1. The second-order valence-electron chi connectivity index (χ2n) is 3.78. The normalized spacial score (nSPS) is 11.5. The minimum atomic E-state index is -0.981. The van der Waals surface area contributed by atoms with Crippen LogP contribution in [-0.2, 0) is 9.53 Å². The quantitative estimate of drug-likeness (QED) is 0.348. The van der Waals surface area contributed by atoms with Crippen molar-refractivity contribution in [3.05, 3.63) is 33.4 Å². The Morgan fingerprint density at radius 2 is 2.11 bits per heavy atom. The largest absolute Gasteiger partial charge is 0.472 e. The molecule has 1 aromatic carbocycles. The Bertz CT molecular complexity index is 525. The molecular formula is C12H13NO6. The van der Waals surface area contributed by atoms with E-state index in [4.69, 9.17) is 4.74 Å². The van der Waals surface area contributed by atoms with Crippen molar-refractivity contribution >= 4 is 17.9 Å². The Hall–Kier alpha value is -2.44. The van der Waals surface area contributed by atoms with Crippen LogP contribution in [0, 0.1) is 17.0 Å². The number of rotatable bonds is 5. The van der Waals surface area contributed by atoms with Crippen molar-refractivity contribution < 1.29 is 24.0 Å². The van der Waals surface area contributed by atoms with Gasteiger partial charge in [0, 0.05) is 11.1 Å². The van der Waals surface area contributed by atoms with Crippen LogP contribution in [0.4, 0.5) is 5.69 Å². The third-order valence-electron chi connectivity index (χ3n) is 2.58. The van der Waals surface area contributed by atoms with Crippen molar-refractivity contribution in [3.8, 4) is 5.75 Å². The standard InChI is InChI=1S/C12H13NO6/c1-7-9(6-14)4-5-10(11(7)13(16)17)19-8(2)12(15)18-3/h4-6,8H,1-3H3. The summed E-state index contributed by atoms with van der Waals surface area (Å²) >= 11 is 0. The van der Waals surface area contributed by atoms with Gasteiger partial charge in [-0.2, -0.15) is 0 Å². The van der Waals surface area contributed by atoms with E-state index in [1.54, 1.807) is 0 Å². The van der Waals surface area contributed by atoms with Crippen LogP contribution in [0.2, 0.25) is 0 Å². The highest BCUT2D eigenvalue weighted by Gasteiger charge is 2.25. The SMILES string of the molecule is COC(=O)C(C)Oc1ccc(C=O)c(C)c1[N+](=O)[O-]. The van der Waals surface area contributed by atoms with Gasteiger partial charge in [0.15, 0.2) is 18.1 Å². The summed E-state index contributed by atoms with van der Waals surface area (Å²) in [5, 5.41) is 11.0. The van der Waals surface area contributed by atoms with Gasteiger partial charge in [-0.15, -0.1) is 0 Å². The van der Waals surface area contributed by atoms with Crippen LogP contribution >= 0.6 is 0 Å². The highest BCUT2D eigenvalue weighted by atomic mass is 16.6. The van der Waals surface area contributed by atoms with Crippen molar-refractivity contribution in [2.24, 2.45) is 0 Å². The Morgan fingerprint density at radius 1 is 1.47 bits per heavy atom. The van der Waals surface area contributed by atoms with Gasteiger partial charge in [0.1, 0.15) is 0 Å². The maximum absolute atomic E-state index is 11.2. The van der Waals surface area contributed by atoms with Gasteiger partial charge >= 0.3 is 11.7 Å². The summed E-state index contributed by atoms with van der Waals surface area (Å²) in [5.74, 6) is -0.725. The van der Waals surface area contributed by atoms with Crippen molar-refractivity contribution in [1.82, 2.24) is 0 Å². The molecule has 0 spiro atoms. The molecule has 7 heteroatoms. The van der Waals surface area contributed by atoms with Crippen molar-refractivity contribution in [3.63, 3.8) is 0 Å². The molecular weight excluding hydrogens is 254 g/mol. The molecule has 19 heavy (non-hydrogen) atoms. The lowest BCUT2D eigenvalue weighted by atomic mass is 10.1. The predicted molar refractivity (Wildman–Crippen MR) is 65.3 cm³/mol. The molecule has 0 N–H and O–H groups in total. The van der Waals surface area contributed by atoms with Crippen molar-refractivity contribution in [2.75, 3.05) is 7.11 Å². The number of nitro groups is 1. The summed E-state index contributed by atoms with van der Waals surface area (Å²) in [6, 6.07) is 2.68. The summed E-state index contributed by atoms with van der Waals surface area (Å²) in [4.78, 5) is 32.4. The van der Waals surface area contributed by atoms with Gasteiger partial charge in [-0.25, -0.2) is 4.79 Å². The third-order valence-corrected chi connectivity index (χ3v) is 2.58. The van der Waals surface area contributed by atoms with Gasteiger partial charge in [0.25, 0.3) is 0 Å². The Labute approximate surface area is 109 Å². The van der Waals surface area contributed by atoms with E-state index < -0.39 is 17.0 Å². The fourth-order valence-corrected chi connectivity index (χ4v) is 1.55. The van der Waals surface area contributed by atoms with E-state index in [-0.39, 0.29) is 22.6 Å². The first-order valence-electron chi connectivity index (χ1n) is 5.40. The first-order chi connectivity index (χ1) is 8.92. The molecule has 0 amide bonds. The molecule has 1 atom stereocenters. The molecule has 1 aromatic rings. The molecule has 0 bridgehead atoms. The number of ether oxygens (including phenoxy) is 2. The Morgan fingerprint density at radius 3 is 2.58 bits per heavy atom. The summed E-state index contributed by atoms with van der Waals surface area (Å²) in [6.45, 7) is 2.86. The van der Waals surface area contributed by atoms with E-state index in [1.807, 2.05) is 0 Å². The molecule has 0 saturated carbocycles.